The first kappa shape index (κ1) is 22.2. The van der Waals surface area contributed by atoms with Crippen LogP contribution >= 0.6 is 11.3 Å². The Labute approximate surface area is 202 Å². The van der Waals surface area contributed by atoms with E-state index in [-0.39, 0.29) is 11.8 Å². The highest BCUT2D eigenvalue weighted by atomic mass is 32.1. The Morgan fingerprint density at radius 2 is 1.91 bits per heavy atom. The van der Waals surface area contributed by atoms with Gasteiger partial charge in [0.15, 0.2) is 5.82 Å². The lowest BCUT2D eigenvalue weighted by Gasteiger charge is -2.32. The smallest absolute Gasteiger partial charge is 0.223 e. The van der Waals surface area contributed by atoms with E-state index < -0.39 is 0 Å². The molecule has 1 fully saturated rings. The Morgan fingerprint density at radius 1 is 1.12 bits per heavy atom. The van der Waals surface area contributed by atoms with Gasteiger partial charge in [-0.2, -0.15) is 5.10 Å². The fourth-order valence-electron chi connectivity index (χ4n) is 4.24. The molecule has 0 atom stereocenters. The van der Waals surface area contributed by atoms with Crippen LogP contribution in [0.4, 0.5) is 5.82 Å². The number of piperidine rings is 1. The van der Waals surface area contributed by atoms with Gasteiger partial charge in [-0.25, -0.2) is 19.6 Å². The minimum atomic E-state index is 0.00717. The number of hydrogen-bond donors (Lipinski definition) is 1. The van der Waals surface area contributed by atoms with E-state index in [2.05, 4.69) is 44.3 Å². The molecule has 0 spiro atoms. The number of thiazole rings is 1. The lowest BCUT2D eigenvalue weighted by molar-refractivity contribution is -0.125. The van der Waals surface area contributed by atoms with Crippen molar-refractivity contribution in [1.29, 1.82) is 0 Å². The topological polar surface area (TPSA) is 88.8 Å². The molecule has 0 bridgehead atoms. The minimum Gasteiger partial charge on any atom is -0.356 e. The highest BCUT2D eigenvalue weighted by Crippen LogP contribution is 2.30. The van der Waals surface area contributed by atoms with Crippen LogP contribution in [0.25, 0.3) is 16.4 Å². The van der Waals surface area contributed by atoms with Gasteiger partial charge in [0.2, 0.25) is 5.91 Å². The van der Waals surface area contributed by atoms with E-state index in [1.54, 1.807) is 28.5 Å². The number of carbonyl (C=O) groups excluding carboxylic acids is 1. The summed E-state index contributed by atoms with van der Waals surface area (Å²) in [6, 6.07) is 12.1. The summed E-state index contributed by atoms with van der Waals surface area (Å²) in [5.74, 6) is 1.72. The molecule has 1 aliphatic heterocycles. The molecule has 0 saturated carbocycles. The van der Waals surface area contributed by atoms with E-state index in [1.807, 2.05) is 37.4 Å². The first-order valence-electron chi connectivity index (χ1n) is 11.5. The van der Waals surface area contributed by atoms with Crippen LogP contribution in [0, 0.1) is 19.8 Å². The van der Waals surface area contributed by atoms with Gasteiger partial charge in [-0.05, 0) is 38.3 Å². The van der Waals surface area contributed by atoms with Gasteiger partial charge in [0, 0.05) is 47.9 Å². The second-order valence-electron chi connectivity index (χ2n) is 8.51. The number of carbonyl (C=O) groups is 1. The Balaban J connectivity index is 1.17. The van der Waals surface area contributed by atoms with Crippen LogP contribution in [0.15, 0.2) is 55.1 Å². The van der Waals surface area contributed by atoms with Crippen molar-refractivity contribution in [2.24, 2.45) is 5.92 Å². The number of nitrogens with one attached hydrogen (secondary N) is 1. The fourth-order valence-corrected chi connectivity index (χ4v) is 5.33. The molecule has 0 radical (unpaired) electrons. The van der Waals surface area contributed by atoms with Crippen molar-refractivity contribution >= 4 is 23.1 Å². The number of amides is 1. The number of anilines is 1. The fraction of sp³-hybridized carbons (Fsp3) is 0.320. The zero-order valence-corrected chi connectivity index (χ0v) is 20.1. The van der Waals surface area contributed by atoms with Gasteiger partial charge >= 0.3 is 0 Å². The number of nitrogens with zero attached hydrogens (tertiary/aromatic N) is 6. The SMILES string of the molecule is Cc1ccccc1-c1nc(C)c(CNC(=O)C2CCN(c3cc(-n4cccn4)ncn3)CC2)s1. The van der Waals surface area contributed by atoms with Crippen molar-refractivity contribution in [3.8, 4) is 16.4 Å². The van der Waals surface area contributed by atoms with Crippen LogP contribution in [0.2, 0.25) is 0 Å². The standard InChI is InChI=1S/C25H27N7OS/c1-17-6-3-4-7-20(17)25-30-18(2)21(34-25)15-26-24(33)19-8-12-31(13-9-19)22-14-23(28-16-27-22)32-11-5-10-29-32/h3-7,10-11,14,16,19H,8-9,12-13,15H2,1-2H3,(H,26,33). The molecule has 1 amide bonds. The Hall–Kier alpha value is -3.59. The third-order valence-corrected chi connectivity index (χ3v) is 7.45. The van der Waals surface area contributed by atoms with Gasteiger partial charge in [-0.15, -0.1) is 11.3 Å². The van der Waals surface area contributed by atoms with E-state index in [0.717, 1.165) is 58.7 Å². The minimum absolute atomic E-state index is 0.00717. The lowest BCUT2D eigenvalue weighted by Crippen LogP contribution is -2.40. The molecular weight excluding hydrogens is 446 g/mol. The molecule has 174 valence electrons. The number of rotatable bonds is 6. The third-order valence-electron chi connectivity index (χ3n) is 6.26. The van der Waals surface area contributed by atoms with Crippen molar-refractivity contribution < 1.29 is 4.79 Å². The highest BCUT2D eigenvalue weighted by molar-refractivity contribution is 7.15. The molecular formula is C25H27N7OS. The quantitative estimate of drug-likeness (QED) is 0.456. The summed E-state index contributed by atoms with van der Waals surface area (Å²) in [5, 5.41) is 8.39. The van der Waals surface area contributed by atoms with Crippen LogP contribution < -0.4 is 10.2 Å². The zero-order chi connectivity index (χ0) is 23.5. The number of benzene rings is 1. The van der Waals surface area contributed by atoms with E-state index in [4.69, 9.17) is 4.98 Å². The van der Waals surface area contributed by atoms with Crippen molar-refractivity contribution in [1.82, 2.24) is 30.0 Å². The Kier molecular flexibility index (Phi) is 6.35. The van der Waals surface area contributed by atoms with E-state index in [9.17, 15) is 4.79 Å². The largest absolute Gasteiger partial charge is 0.356 e. The van der Waals surface area contributed by atoms with Gasteiger partial charge in [0.1, 0.15) is 17.2 Å². The Bertz CT molecular complexity index is 1280. The van der Waals surface area contributed by atoms with E-state index in [0.29, 0.717) is 6.54 Å². The predicted molar refractivity (Wildman–Crippen MR) is 133 cm³/mol. The maximum absolute atomic E-state index is 12.9. The van der Waals surface area contributed by atoms with Gasteiger partial charge in [-0.3, -0.25) is 4.79 Å². The molecule has 1 N–H and O–H groups in total. The maximum Gasteiger partial charge on any atom is 0.223 e. The summed E-state index contributed by atoms with van der Waals surface area (Å²) < 4.78 is 1.72. The number of hydrogen-bond acceptors (Lipinski definition) is 7. The van der Waals surface area contributed by atoms with Crippen LogP contribution in [0.5, 0.6) is 0 Å². The molecule has 3 aromatic heterocycles. The second-order valence-corrected chi connectivity index (χ2v) is 9.59. The summed E-state index contributed by atoms with van der Waals surface area (Å²) in [5.41, 5.74) is 3.34. The van der Waals surface area contributed by atoms with Crippen LogP contribution in [-0.2, 0) is 11.3 Å². The second kappa shape index (κ2) is 9.72. The van der Waals surface area contributed by atoms with Crippen LogP contribution in [-0.4, -0.2) is 43.7 Å². The average molecular weight is 474 g/mol. The van der Waals surface area contributed by atoms with Gasteiger partial charge in [-0.1, -0.05) is 24.3 Å². The molecule has 1 aromatic carbocycles. The molecule has 0 unspecified atom stereocenters. The van der Waals surface area contributed by atoms with Crippen LogP contribution in [0.1, 0.15) is 29.0 Å². The van der Waals surface area contributed by atoms with Gasteiger partial charge < -0.3 is 10.2 Å². The molecule has 34 heavy (non-hydrogen) atoms. The van der Waals surface area contributed by atoms with Gasteiger partial charge in [0.05, 0.1) is 12.2 Å². The van der Waals surface area contributed by atoms with Gasteiger partial charge in [0.25, 0.3) is 0 Å². The summed E-state index contributed by atoms with van der Waals surface area (Å²) in [6.07, 6.45) is 6.74. The van der Waals surface area contributed by atoms with Crippen molar-refractivity contribution in [2.45, 2.75) is 33.2 Å². The van der Waals surface area contributed by atoms with Crippen molar-refractivity contribution in [2.75, 3.05) is 18.0 Å². The first-order chi connectivity index (χ1) is 16.6. The zero-order valence-electron chi connectivity index (χ0n) is 19.3. The number of aromatic nitrogens is 5. The maximum atomic E-state index is 12.9. The molecule has 0 aliphatic carbocycles. The summed E-state index contributed by atoms with van der Waals surface area (Å²) >= 11 is 1.66. The molecule has 1 aliphatic rings. The molecule has 9 heteroatoms. The van der Waals surface area contributed by atoms with Crippen molar-refractivity contribution in [3.05, 3.63) is 71.3 Å². The molecule has 4 aromatic rings. The molecule has 4 heterocycles. The number of aryl methyl sites for hydroxylation is 2. The third kappa shape index (κ3) is 4.70. The first-order valence-corrected chi connectivity index (χ1v) is 12.3. The molecule has 1 saturated heterocycles. The average Bonchev–Trinajstić information content (AvgIpc) is 3.53. The predicted octanol–water partition coefficient (Wildman–Crippen LogP) is 3.94. The summed E-state index contributed by atoms with van der Waals surface area (Å²) in [7, 11) is 0. The van der Waals surface area contributed by atoms with E-state index in [1.165, 1.54) is 5.56 Å². The normalized spacial score (nSPS) is 14.4. The molecule has 8 nitrogen and oxygen atoms in total. The Morgan fingerprint density at radius 3 is 2.68 bits per heavy atom. The van der Waals surface area contributed by atoms with E-state index >= 15 is 0 Å². The molecule has 5 rings (SSSR count). The summed E-state index contributed by atoms with van der Waals surface area (Å²) in [6.45, 7) is 6.19. The lowest BCUT2D eigenvalue weighted by atomic mass is 9.96. The van der Waals surface area contributed by atoms with Crippen molar-refractivity contribution in [3.63, 3.8) is 0 Å². The van der Waals surface area contributed by atoms with Crippen LogP contribution in [0.3, 0.4) is 0 Å². The monoisotopic (exact) mass is 473 g/mol. The highest BCUT2D eigenvalue weighted by Gasteiger charge is 2.26. The summed E-state index contributed by atoms with van der Waals surface area (Å²) in [4.78, 5) is 29.7.